The van der Waals surface area contributed by atoms with Gasteiger partial charge in [0.05, 0.1) is 0 Å². The van der Waals surface area contributed by atoms with Crippen LogP contribution in [0.2, 0.25) is 0 Å². The summed E-state index contributed by atoms with van der Waals surface area (Å²) in [5, 5.41) is 0. The Balaban J connectivity index is 1.73. The number of ether oxygens (including phenoxy) is 4. The van der Waals surface area contributed by atoms with Gasteiger partial charge < -0.3 is 18.9 Å². The maximum absolute atomic E-state index is 11.3. The molecule has 1 spiro atoms. The molecule has 1 aliphatic carbocycles. The quantitative estimate of drug-likeness (QED) is 0.678. The van der Waals surface area contributed by atoms with Gasteiger partial charge in [0.15, 0.2) is 6.29 Å². The molecule has 2 bridgehead atoms. The highest BCUT2D eigenvalue weighted by atomic mass is 16.8. The molecule has 5 heteroatoms. The van der Waals surface area contributed by atoms with E-state index in [1.807, 2.05) is 0 Å². The van der Waals surface area contributed by atoms with Crippen molar-refractivity contribution in [2.75, 3.05) is 6.61 Å². The molecule has 3 saturated heterocycles. The van der Waals surface area contributed by atoms with E-state index in [9.17, 15) is 4.79 Å². The van der Waals surface area contributed by atoms with E-state index < -0.39 is 6.29 Å². The molecule has 19 heavy (non-hydrogen) atoms. The summed E-state index contributed by atoms with van der Waals surface area (Å²) in [4.78, 5) is 11.3. The Hall–Kier alpha value is -0.650. The number of esters is 1. The lowest BCUT2D eigenvalue weighted by molar-refractivity contribution is -0.370. The Labute approximate surface area is 112 Å². The van der Waals surface area contributed by atoms with Crippen LogP contribution in [-0.2, 0) is 23.7 Å². The molecule has 1 saturated carbocycles. The lowest BCUT2D eigenvalue weighted by atomic mass is 9.58. The van der Waals surface area contributed by atoms with Crippen LogP contribution in [-0.4, -0.2) is 36.9 Å². The van der Waals surface area contributed by atoms with E-state index in [1.54, 1.807) is 0 Å². The minimum Gasteiger partial charge on any atom is -0.433 e. The highest BCUT2D eigenvalue weighted by Crippen LogP contribution is 2.64. The summed E-state index contributed by atoms with van der Waals surface area (Å²) in [5.41, 5.74) is -0.111. The standard InChI is InChI=1S/C14H20O5/c1-9(15)17-12-11-14-5-3-2-4-13(14,6-7-16-11)8-10(18-12)19-14/h10-12H,2-8H2,1H3/t10-,11+,12-,13-,14-/m1/s1. The minimum atomic E-state index is -0.600. The number of hydrogen-bond donors (Lipinski definition) is 0. The highest BCUT2D eigenvalue weighted by Gasteiger charge is 2.71. The van der Waals surface area contributed by atoms with E-state index in [1.165, 1.54) is 19.8 Å². The number of rotatable bonds is 1. The summed E-state index contributed by atoms with van der Waals surface area (Å²) in [6.07, 6.45) is 5.44. The van der Waals surface area contributed by atoms with Crippen molar-refractivity contribution < 1.29 is 23.7 Å². The van der Waals surface area contributed by atoms with Crippen molar-refractivity contribution in [1.29, 1.82) is 0 Å². The van der Waals surface area contributed by atoms with Crippen LogP contribution >= 0.6 is 0 Å². The Morgan fingerprint density at radius 3 is 2.95 bits per heavy atom. The van der Waals surface area contributed by atoms with Gasteiger partial charge in [0.2, 0.25) is 6.29 Å². The first-order valence-corrected chi connectivity index (χ1v) is 7.27. The molecule has 4 aliphatic rings. The smallest absolute Gasteiger partial charge is 0.305 e. The van der Waals surface area contributed by atoms with Gasteiger partial charge in [0.1, 0.15) is 11.7 Å². The van der Waals surface area contributed by atoms with E-state index in [0.717, 1.165) is 25.7 Å². The van der Waals surface area contributed by atoms with Crippen molar-refractivity contribution >= 4 is 5.97 Å². The molecule has 3 heterocycles. The second-order valence-electron chi connectivity index (χ2n) is 6.28. The van der Waals surface area contributed by atoms with Crippen molar-refractivity contribution in [3.63, 3.8) is 0 Å². The fraction of sp³-hybridized carbons (Fsp3) is 0.929. The largest absolute Gasteiger partial charge is 0.433 e. The maximum atomic E-state index is 11.3. The topological polar surface area (TPSA) is 54.0 Å². The molecule has 0 N–H and O–H groups in total. The van der Waals surface area contributed by atoms with E-state index in [4.69, 9.17) is 18.9 Å². The molecule has 0 aromatic carbocycles. The zero-order valence-corrected chi connectivity index (χ0v) is 11.2. The van der Waals surface area contributed by atoms with Gasteiger partial charge in [-0.1, -0.05) is 12.8 Å². The first-order valence-electron chi connectivity index (χ1n) is 7.27. The third-order valence-corrected chi connectivity index (χ3v) is 5.40. The normalized spacial score (nSPS) is 51.5. The summed E-state index contributed by atoms with van der Waals surface area (Å²) in [6, 6.07) is 0. The summed E-state index contributed by atoms with van der Waals surface area (Å²) in [6.45, 7) is 2.12. The van der Waals surface area contributed by atoms with Crippen LogP contribution in [0.3, 0.4) is 0 Å². The molecule has 0 aromatic rings. The SMILES string of the molecule is CC(=O)O[C@@H]1O[C@H]2C[C@]34CCCC[C@@]3(O2)[C@H]1OCC4. The Morgan fingerprint density at radius 2 is 2.11 bits per heavy atom. The lowest BCUT2D eigenvalue weighted by Crippen LogP contribution is -2.66. The molecule has 4 fully saturated rings. The second-order valence-corrected chi connectivity index (χ2v) is 6.28. The van der Waals surface area contributed by atoms with Gasteiger partial charge in [-0.2, -0.15) is 0 Å². The van der Waals surface area contributed by atoms with Crippen LogP contribution in [0.1, 0.15) is 45.4 Å². The zero-order valence-electron chi connectivity index (χ0n) is 11.2. The second kappa shape index (κ2) is 3.93. The summed E-state index contributed by atoms with van der Waals surface area (Å²) in [7, 11) is 0. The molecule has 5 atom stereocenters. The van der Waals surface area contributed by atoms with Gasteiger partial charge in [-0.15, -0.1) is 0 Å². The van der Waals surface area contributed by atoms with E-state index in [0.29, 0.717) is 6.61 Å². The average molecular weight is 268 g/mol. The number of carbonyl (C=O) groups is 1. The van der Waals surface area contributed by atoms with Gasteiger partial charge in [-0.05, 0) is 19.3 Å². The molecule has 0 radical (unpaired) electrons. The Bertz CT molecular complexity index is 405. The van der Waals surface area contributed by atoms with Crippen molar-refractivity contribution in [2.45, 2.75) is 69.7 Å². The number of hydrogen-bond acceptors (Lipinski definition) is 5. The van der Waals surface area contributed by atoms with Crippen LogP contribution in [0, 0.1) is 5.41 Å². The highest BCUT2D eigenvalue weighted by molar-refractivity contribution is 5.66. The van der Waals surface area contributed by atoms with Crippen molar-refractivity contribution in [3.05, 3.63) is 0 Å². The first-order chi connectivity index (χ1) is 9.15. The van der Waals surface area contributed by atoms with Gasteiger partial charge in [-0.25, -0.2) is 0 Å². The summed E-state index contributed by atoms with van der Waals surface area (Å²) >= 11 is 0. The van der Waals surface area contributed by atoms with Crippen LogP contribution in [0.15, 0.2) is 0 Å². The van der Waals surface area contributed by atoms with Gasteiger partial charge in [-0.3, -0.25) is 4.79 Å². The summed E-state index contributed by atoms with van der Waals surface area (Å²) in [5.74, 6) is -0.321. The fourth-order valence-electron chi connectivity index (χ4n) is 4.70. The van der Waals surface area contributed by atoms with E-state index >= 15 is 0 Å². The van der Waals surface area contributed by atoms with Gasteiger partial charge in [0, 0.05) is 25.4 Å². The minimum absolute atomic E-state index is 0.174. The summed E-state index contributed by atoms with van der Waals surface area (Å²) < 4.78 is 23.3. The molecule has 106 valence electrons. The van der Waals surface area contributed by atoms with Crippen LogP contribution in [0.5, 0.6) is 0 Å². The zero-order chi connectivity index (χ0) is 13.1. The monoisotopic (exact) mass is 268 g/mol. The van der Waals surface area contributed by atoms with Crippen LogP contribution in [0.25, 0.3) is 0 Å². The first kappa shape index (κ1) is 12.1. The fourth-order valence-corrected chi connectivity index (χ4v) is 4.70. The van der Waals surface area contributed by atoms with Crippen molar-refractivity contribution in [1.82, 2.24) is 0 Å². The predicted molar refractivity (Wildman–Crippen MR) is 64.1 cm³/mol. The maximum Gasteiger partial charge on any atom is 0.305 e. The molecular formula is C14H20O5. The van der Waals surface area contributed by atoms with Crippen LogP contribution in [0.4, 0.5) is 0 Å². The third-order valence-electron chi connectivity index (χ3n) is 5.40. The molecular weight excluding hydrogens is 248 g/mol. The molecule has 5 nitrogen and oxygen atoms in total. The van der Waals surface area contributed by atoms with E-state index in [-0.39, 0.29) is 29.4 Å². The van der Waals surface area contributed by atoms with Gasteiger partial charge >= 0.3 is 5.97 Å². The number of fused-ring (bicyclic) bond motifs is 1. The number of carbonyl (C=O) groups excluding carboxylic acids is 1. The Kier molecular flexibility index (Phi) is 2.51. The molecule has 3 aliphatic heterocycles. The average Bonchev–Trinajstić information content (AvgIpc) is 2.68. The van der Waals surface area contributed by atoms with Gasteiger partial charge in [0.25, 0.3) is 0 Å². The molecule has 4 rings (SSSR count). The molecule has 0 amide bonds. The van der Waals surface area contributed by atoms with Crippen molar-refractivity contribution in [3.8, 4) is 0 Å². The lowest BCUT2D eigenvalue weighted by Gasteiger charge is -2.56. The molecule has 0 unspecified atom stereocenters. The predicted octanol–water partition coefficient (Wildman–Crippen LogP) is 1.74. The third kappa shape index (κ3) is 1.49. The molecule has 0 aromatic heterocycles. The van der Waals surface area contributed by atoms with Crippen molar-refractivity contribution in [2.24, 2.45) is 5.41 Å². The van der Waals surface area contributed by atoms with Crippen LogP contribution < -0.4 is 0 Å². The van der Waals surface area contributed by atoms with E-state index in [2.05, 4.69) is 0 Å². The Morgan fingerprint density at radius 1 is 1.26 bits per heavy atom.